The number of nitrogens with two attached hydrogens (primary N) is 1. The Morgan fingerprint density at radius 1 is 1.09 bits per heavy atom. The van der Waals surface area contributed by atoms with Crippen molar-refractivity contribution in [2.45, 2.75) is 32.9 Å². The summed E-state index contributed by atoms with van der Waals surface area (Å²) in [6, 6.07) is 6.27. The van der Waals surface area contributed by atoms with Crippen molar-refractivity contribution in [3.63, 3.8) is 0 Å². The van der Waals surface area contributed by atoms with Crippen LogP contribution in [-0.4, -0.2) is 30.4 Å². The number of nitrogens with one attached hydrogen (secondary N) is 3. The quantitative estimate of drug-likeness (QED) is 0.588. The van der Waals surface area contributed by atoms with E-state index in [2.05, 4.69) is 16.0 Å². The van der Waals surface area contributed by atoms with Gasteiger partial charge in [-0.2, -0.15) is 0 Å². The Balaban J connectivity index is 2.39. The van der Waals surface area contributed by atoms with Crippen molar-refractivity contribution < 1.29 is 14.4 Å². The third kappa shape index (κ3) is 6.74. The molecule has 0 saturated carbocycles. The first kappa shape index (κ1) is 17.5. The number of hydrogen-bond acceptors (Lipinski definition) is 3. The molecule has 0 heterocycles. The van der Waals surface area contributed by atoms with E-state index < -0.39 is 6.03 Å². The van der Waals surface area contributed by atoms with Crippen LogP contribution in [0.15, 0.2) is 24.3 Å². The molecule has 0 spiro atoms. The summed E-state index contributed by atoms with van der Waals surface area (Å²) in [5, 5.41) is 7.90. The van der Waals surface area contributed by atoms with E-state index in [1.807, 2.05) is 13.8 Å². The molecule has 0 atom stereocenters. The maximum Gasteiger partial charge on any atom is 0.312 e. The van der Waals surface area contributed by atoms with Gasteiger partial charge in [0.25, 0.3) is 5.91 Å². The molecular formula is C15H22N4O3. The summed E-state index contributed by atoms with van der Waals surface area (Å²) in [6.07, 6.45) is 0.241. The summed E-state index contributed by atoms with van der Waals surface area (Å²) in [5.41, 5.74) is 6.31. The zero-order chi connectivity index (χ0) is 16.5. The first-order chi connectivity index (χ1) is 10.4. The molecule has 1 rings (SSSR count). The van der Waals surface area contributed by atoms with Crippen LogP contribution in [0.2, 0.25) is 0 Å². The van der Waals surface area contributed by atoms with Gasteiger partial charge in [-0.15, -0.1) is 0 Å². The van der Waals surface area contributed by atoms with Crippen molar-refractivity contribution in [3.05, 3.63) is 35.4 Å². The fourth-order valence-electron chi connectivity index (χ4n) is 1.75. The molecule has 22 heavy (non-hydrogen) atoms. The lowest BCUT2D eigenvalue weighted by atomic mass is 10.1. The zero-order valence-corrected chi connectivity index (χ0v) is 12.8. The van der Waals surface area contributed by atoms with E-state index in [0.717, 1.165) is 5.56 Å². The summed E-state index contributed by atoms with van der Waals surface area (Å²) in [4.78, 5) is 33.9. The van der Waals surface area contributed by atoms with E-state index in [4.69, 9.17) is 5.73 Å². The number of rotatable bonds is 7. The molecular weight excluding hydrogens is 284 g/mol. The smallest absolute Gasteiger partial charge is 0.312 e. The zero-order valence-electron chi connectivity index (χ0n) is 12.8. The minimum atomic E-state index is -0.596. The summed E-state index contributed by atoms with van der Waals surface area (Å²) in [5.74, 6) is -0.338. The van der Waals surface area contributed by atoms with Crippen molar-refractivity contribution >= 4 is 17.8 Å². The number of benzene rings is 1. The van der Waals surface area contributed by atoms with Gasteiger partial charge >= 0.3 is 6.03 Å². The third-order valence-corrected chi connectivity index (χ3v) is 2.77. The molecule has 0 aliphatic heterocycles. The Bertz CT molecular complexity index is 526. The lowest BCUT2D eigenvalue weighted by Gasteiger charge is -2.09. The highest BCUT2D eigenvalue weighted by atomic mass is 16.2. The summed E-state index contributed by atoms with van der Waals surface area (Å²) in [6.45, 7) is 4.35. The van der Waals surface area contributed by atoms with E-state index >= 15 is 0 Å². The van der Waals surface area contributed by atoms with E-state index in [1.54, 1.807) is 24.3 Å². The Hall–Kier alpha value is -2.57. The highest BCUT2D eigenvalue weighted by molar-refractivity contribution is 5.94. The molecule has 0 radical (unpaired) electrons. The van der Waals surface area contributed by atoms with Crippen molar-refractivity contribution in [2.75, 3.05) is 6.54 Å². The van der Waals surface area contributed by atoms with Crippen LogP contribution in [0.3, 0.4) is 0 Å². The number of hydrogen-bond donors (Lipinski definition) is 4. The molecule has 7 nitrogen and oxygen atoms in total. The predicted molar refractivity (Wildman–Crippen MR) is 83.1 cm³/mol. The number of amides is 4. The molecule has 1 aromatic rings. The van der Waals surface area contributed by atoms with Crippen molar-refractivity contribution in [1.82, 2.24) is 16.0 Å². The fraction of sp³-hybridized carbons (Fsp3) is 0.400. The Morgan fingerprint density at radius 3 is 2.27 bits per heavy atom. The Labute approximate surface area is 129 Å². The average molecular weight is 306 g/mol. The molecule has 7 heteroatoms. The second-order valence-corrected chi connectivity index (χ2v) is 5.14. The summed E-state index contributed by atoms with van der Waals surface area (Å²) < 4.78 is 0. The highest BCUT2D eigenvalue weighted by Crippen LogP contribution is 2.04. The normalized spacial score (nSPS) is 10.1. The maximum absolute atomic E-state index is 11.9. The van der Waals surface area contributed by atoms with Gasteiger partial charge in [0.15, 0.2) is 0 Å². The van der Waals surface area contributed by atoms with Gasteiger partial charge in [-0.25, -0.2) is 4.79 Å². The van der Waals surface area contributed by atoms with Gasteiger partial charge in [-0.3, -0.25) is 9.59 Å². The molecule has 0 fully saturated rings. The number of urea groups is 1. The average Bonchev–Trinajstić information content (AvgIpc) is 2.44. The van der Waals surface area contributed by atoms with E-state index in [9.17, 15) is 14.4 Å². The van der Waals surface area contributed by atoms with Crippen LogP contribution in [0.5, 0.6) is 0 Å². The van der Waals surface area contributed by atoms with Crippen molar-refractivity contribution in [1.29, 1.82) is 0 Å². The maximum atomic E-state index is 11.9. The van der Waals surface area contributed by atoms with Crippen LogP contribution < -0.4 is 21.7 Å². The van der Waals surface area contributed by atoms with Crippen LogP contribution in [0.25, 0.3) is 0 Å². The minimum Gasteiger partial charge on any atom is -0.354 e. The number of carbonyl (C=O) groups excluding carboxylic acids is 3. The fourth-order valence-corrected chi connectivity index (χ4v) is 1.75. The lowest BCUT2D eigenvalue weighted by molar-refractivity contribution is -0.121. The summed E-state index contributed by atoms with van der Waals surface area (Å²) in [7, 11) is 0. The Kier molecular flexibility index (Phi) is 6.88. The topological polar surface area (TPSA) is 113 Å². The first-order valence-electron chi connectivity index (χ1n) is 7.08. The van der Waals surface area contributed by atoms with Gasteiger partial charge in [0.05, 0.1) is 0 Å². The second kappa shape index (κ2) is 8.66. The van der Waals surface area contributed by atoms with Crippen LogP contribution >= 0.6 is 0 Å². The van der Waals surface area contributed by atoms with Gasteiger partial charge < -0.3 is 21.7 Å². The SMILES string of the molecule is CC(C)NC(=O)CCNC(=O)c1ccc(CNC(N)=O)cc1. The third-order valence-electron chi connectivity index (χ3n) is 2.77. The van der Waals surface area contributed by atoms with E-state index in [0.29, 0.717) is 12.1 Å². The standard InChI is InChI=1S/C15H22N4O3/c1-10(2)19-13(20)7-8-17-14(21)12-5-3-11(4-6-12)9-18-15(16)22/h3-6,10H,7-9H2,1-2H3,(H,17,21)(H,19,20)(H3,16,18,22). The van der Waals surface area contributed by atoms with Crippen molar-refractivity contribution in [3.8, 4) is 0 Å². The van der Waals surface area contributed by atoms with Crippen LogP contribution in [0.1, 0.15) is 36.2 Å². The molecule has 4 amide bonds. The lowest BCUT2D eigenvalue weighted by Crippen LogP contribution is -2.34. The van der Waals surface area contributed by atoms with Gasteiger partial charge in [0.2, 0.25) is 5.91 Å². The minimum absolute atomic E-state index is 0.0877. The van der Waals surface area contributed by atoms with Gasteiger partial charge in [0, 0.05) is 31.1 Å². The Morgan fingerprint density at radius 2 is 1.73 bits per heavy atom. The molecule has 5 N–H and O–H groups in total. The van der Waals surface area contributed by atoms with E-state index in [-0.39, 0.29) is 30.8 Å². The molecule has 0 aromatic heterocycles. The molecule has 0 unspecified atom stereocenters. The largest absolute Gasteiger partial charge is 0.354 e. The molecule has 120 valence electrons. The molecule has 0 aliphatic carbocycles. The van der Waals surface area contributed by atoms with Crippen LogP contribution in [-0.2, 0) is 11.3 Å². The van der Waals surface area contributed by atoms with E-state index in [1.165, 1.54) is 0 Å². The highest BCUT2D eigenvalue weighted by Gasteiger charge is 2.07. The number of carbonyl (C=O) groups is 3. The molecule has 1 aromatic carbocycles. The second-order valence-electron chi connectivity index (χ2n) is 5.14. The van der Waals surface area contributed by atoms with Crippen LogP contribution in [0, 0.1) is 0 Å². The van der Waals surface area contributed by atoms with Crippen molar-refractivity contribution in [2.24, 2.45) is 5.73 Å². The summed E-state index contributed by atoms with van der Waals surface area (Å²) >= 11 is 0. The van der Waals surface area contributed by atoms with Gasteiger partial charge in [-0.05, 0) is 31.5 Å². The molecule has 0 bridgehead atoms. The van der Waals surface area contributed by atoms with Gasteiger partial charge in [-0.1, -0.05) is 12.1 Å². The predicted octanol–water partition coefficient (Wildman–Crippen LogP) is 0.499. The number of primary amides is 1. The molecule has 0 aliphatic rings. The van der Waals surface area contributed by atoms with Gasteiger partial charge in [0.1, 0.15) is 0 Å². The molecule has 0 saturated heterocycles. The first-order valence-corrected chi connectivity index (χ1v) is 7.08. The van der Waals surface area contributed by atoms with Crippen LogP contribution in [0.4, 0.5) is 4.79 Å². The monoisotopic (exact) mass is 306 g/mol.